The summed E-state index contributed by atoms with van der Waals surface area (Å²) >= 11 is 5.73. The van der Waals surface area contributed by atoms with E-state index >= 15 is 0 Å². The summed E-state index contributed by atoms with van der Waals surface area (Å²) in [6, 6.07) is 19.1. The van der Waals surface area contributed by atoms with Gasteiger partial charge in [-0.2, -0.15) is 0 Å². The van der Waals surface area contributed by atoms with Crippen molar-refractivity contribution in [3.05, 3.63) is 108 Å². The van der Waals surface area contributed by atoms with Crippen molar-refractivity contribution in [3.63, 3.8) is 0 Å². The quantitative estimate of drug-likeness (QED) is 0.358. The number of nitrogens with one attached hydrogen (secondary N) is 2. The molecule has 36 heavy (non-hydrogen) atoms. The molecule has 0 spiro atoms. The summed E-state index contributed by atoms with van der Waals surface area (Å²) in [7, 11) is 0. The lowest BCUT2D eigenvalue weighted by Gasteiger charge is -2.28. The van der Waals surface area contributed by atoms with Crippen LogP contribution in [0.3, 0.4) is 0 Å². The maximum Gasteiger partial charge on any atom is 0.226 e. The van der Waals surface area contributed by atoms with Crippen molar-refractivity contribution in [2.45, 2.75) is 25.4 Å². The molecule has 7 nitrogen and oxygen atoms in total. The molecular weight excluding hydrogens is 475 g/mol. The van der Waals surface area contributed by atoms with E-state index in [1.807, 2.05) is 71.2 Å². The lowest BCUT2D eigenvalue weighted by Crippen LogP contribution is -2.33. The first-order chi connectivity index (χ1) is 17.5. The number of halogens is 1. The summed E-state index contributed by atoms with van der Waals surface area (Å²) in [6.45, 7) is 2.39. The SMILES string of the molecule is Cc1ccc(-n2cccc2[C@@H]2[C@H](c3ccccn3)NC(=S)N2CCC(=O)Nc2ccc(F)cc2)nc1. The summed E-state index contributed by atoms with van der Waals surface area (Å²) in [6.07, 6.45) is 5.78. The number of thiocarbonyl (C=S) groups is 1. The normalized spacial score (nSPS) is 17.2. The number of carbonyl (C=O) groups is 1. The molecule has 5 rings (SSSR count). The summed E-state index contributed by atoms with van der Waals surface area (Å²) in [4.78, 5) is 23.9. The molecule has 4 aromatic rings. The second-order valence-corrected chi connectivity index (χ2v) is 9.01. The predicted octanol–water partition coefficient (Wildman–Crippen LogP) is 4.72. The van der Waals surface area contributed by atoms with Crippen molar-refractivity contribution < 1.29 is 9.18 Å². The highest BCUT2D eigenvalue weighted by Crippen LogP contribution is 2.39. The van der Waals surface area contributed by atoms with E-state index in [2.05, 4.69) is 20.6 Å². The fourth-order valence-electron chi connectivity index (χ4n) is 4.39. The van der Waals surface area contributed by atoms with Crippen LogP contribution in [0, 0.1) is 12.7 Å². The van der Waals surface area contributed by atoms with Gasteiger partial charge in [0.05, 0.1) is 17.8 Å². The van der Waals surface area contributed by atoms with Gasteiger partial charge in [-0.1, -0.05) is 12.1 Å². The first kappa shape index (κ1) is 23.6. The van der Waals surface area contributed by atoms with Gasteiger partial charge in [0.15, 0.2) is 5.11 Å². The number of anilines is 1. The summed E-state index contributed by atoms with van der Waals surface area (Å²) in [5.41, 5.74) is 3.46. The number of hydrogen-bond acceptors (Lipinski definition) is 4. The molecule has 1 fully saturated rings. The number of pyridine rings is 2. The van der Waals surface area contributed by atoms with E-state index in [-0.39, 0.29) is 30.2 Å². The van der Waals surface area contributed by atoms with Gasteiger partial charge < -0.3 is 20.1 Å². The summed E-state index contributed by atoms with van der Waals surface area (Å²) in [5, 5.41) is 6.78. The molecule has 3 aromatic heterocycles. The van der Waals surface area contributed by atoms with Gasteiger partial charge in [0.25, 0.3) is 0 Å². The van der Waals surface area contributed by atoms with Crippen molar-refractivity contribution in [1.82, 2.24) is 24.8 Å². The van der Waals surface area contributed by atoms with Crippen LogP contribution in [-0.2, 0) is 4.79 Å². The Bertz CT molecular complexity index is 1360. The van der Waals surface area contributed by atoms with E-state index in [0.717, 1.165) is 22.8 Å². The average Bonchev–Trinajstić information content (AvgIpc) is 3.49. The number of benzene rings is 1. The lowest BCUT2D eigenvalue weighted by atomic mass is 10.0. The number of aryl methyl sites for hydroxylation is 1. The van der Waals surface area contributed by atoms with Gasteiger partial charge in [-0.15, -0.1) is 0 Å². The Morgan fingerprint density at radius 1 is 1.08 bits per heavy atom. The fraction of sp³-hybridized carbons (Fsp3) is 0.185. The van der Waals surface area contributed by atoms with E-state index in [1.165, 1.54) is 24.3 Å². The topological polar surface area (TPSA) is 75.1 Å². The molecule has 0 aliphatic carbocycles. The molecule has 182 valence electrons. The second kappa shape index (κ2) is 10.2. The predicted molar refractivity (Wildman–Crippen MR) is 140 cm³/mol. The van der Waals surface area contributed by atoms with Crippen LogP contribution in [0.1, 0.15) is 35.5 Å². The van der Waals surface area contributed by atoms with Gasteiger partial charge in [-0.3, -0.25) is 9.78 Å². The third-order valence-corrected chi connectivity index (χ3v) is 6.48. The molecule has 2 N–H and O–H groups in total. The second-order valence-electron chi connectivity index (χ2n) is 8.62. The highest BCUT2D eigenvalue weighted by atomic mass is 32.1. The molecule has 0 bridgehead atoms. The maximum absolute atomic E-state index is 13.2. The zero-order valence-electron chi connectivity index (χ0n) is 19.6. The minimum absolute atomic E-state index is 0.181. The van der Waals surface area contributed by atoms with Gasteiger partial charge >= 0.3 is 0 Å². The Morgan fingerprint density at radius 3 is 2.64 bits per heavy atom. The van der Waals surface area contributed by atoms with Crippen molar-refractivity contribution >= 4 is 28.9 Å². The van der Waals surface area contributed by atoms with Gasteiger partial charge in [0.2, 0.25) is 5.91 Å². The lowest BCUT2D eigenvalue weighted by molar-refractivity contribution is -0.116. The minimum Gasteiger partial charge on any atom is -0.352 e. The first-order valence-corrected chi connectivity index (χ1v) is 12.0. The molecule has 0 saturated carbocycles. The zero-order chi connectivity index (χ0) is 25.1. The van der Waals surface area contributed by atoms with E-state index in [9.17, 15) is 9.18 Å². The smallest absolute Gasteiger partial charge is 0.226 e. The van der Waals surface area contributed by atoms with Crippen molar-refractivity contribution in [3.8, 4) is 5.82 Å². The van der Waals surface area contributed by atoms with Crippen molar-refractivity contribution in [1.29, 1.82) is 0 Å². The number of carbonyl (C=O) groups excluding carboxylic acids is 1. The Hall–Kier alpha value is -4.11. The number of nitrogens with zero attached hydrogens (tertiary/aromatic N) is 4. The minimum atomic E-state index is -0.351. The molecule has 1 aliphatic heterocycles. The van der Waals surface area contributed by atoms with Crippen LogP contribution < -0.4 is 10.6 Å². The Labute approximate surface area is 214 Å². The van der Waals surface area contributed by atoms with Gasteiger partial charge in [0, 0.05) is 42.9 Å². The highest BCUT2D eigenvalue weighted by Gasteiger charge is 2.41. The third-order valence-electron chi connectivity index (χ3n) is 6.13. The largest absolute Gasteiger partial charge is 0.352 e. The zero-order valence-corrected chi connectivity index (χ0v) is 20.5. The molecular formula is C27H25FN6OS. The van der Waals surface area contributed by atoms with Crippen LogP contribution >= 0.6 is 12.2 Å². The number of aromatic nitrogens is 3. The van der Waals surface area contributed by atoms with Crippen LogP contribution in [0.15, 0.2) is 85.3 Å². The number of hydrogen-bond donors (Lipinski definition) is 2. The maximum atomic E-state index is 13.2. The van der Waals surface area contributed by atoms with Crippen LogP contribution in [0.4, 0.5) is 10.1 Å². The van der Waals surface area contributed by atoms with Gasteiger partial charge in [-0.05, 0) is 79.3 Å². The molecule has 2 atom stereocenters. The standard InChI is InChI=1S/C27H25FN6OS/c1-18-7-12-23(30-17-18)33-15-4-6-22(33)26-25(21-5-2-3-14-29-21)32-27(36)34(26)16-13-24(35)31-20-10-8-19(28)9-11-20/h2-12,14-15,17,25-26H,13,16H2,1H3,(H,31,35)(H,32,36)/t25-,26+/m0/s1. The Morgan fingerprint density at radius 2 is 1.92 bits per heavy atom. The van der Waals surface area contributed by atoms with Crippen molar-refractivity contribution in [2.24, 2.45) is 0 Å². The van der Waals surface area contributed by atoms with Crippen molar-refractivity contribution in [2.75, 3.05) is 11.9 Å². The van der Waals surface area contributed by atoms with Crippen LogP contribution in [-0.4, -0.2) is 37.0 Å². The van der Waals surface area contributed by atoms with E-state index < -0.39 is 0 Å². The Balaban J connectivity index is 1.43. The average molecular weight is 501 g/mol. The first-order valence-electron chi connectivity index (χ1n) is 11.6. The molecule has 1 aliphatic rings. The molecule has 0 radical (unpaired) electrons. The molecule has 1 aromatic carbocycles. The summed E-state index contributed by atoms with van der Waals surface area (Å²) < 4.78 is 15.2. The van der Waals surface area contributed by atoms with Crippen LogP contribution in [0.25, 0.3) is 5.82 Å². The highest BCUT2D eigenvalue weighted by molar-refractivity contribution is 7.80. The van der Waals surface area contributed by atoms with Gasteiger partial charge in [0.1, 0.15) is 11.6 Å². The fourth-order valence-corrected chi connectivity index (χ4v) is 4.72. The number of amides is 1. The molecule has 1 amide bonds. The molecule has 9 heteroatoms. The molecule has 4 heterocycles. The van der Waals surface area contributed by atoms with E-state index in [1.54, 1.807) is 6.20 Å². The van der Waals surface area contributed by atoms with E-state index in [4.69, 9.17) is 12.2 Å². The van der Waals surface area contributed by atoms with E-state index in [0.29, 0.717) is 17.3 Å². The summed E-state index contributed by atoms with van der Waals surface area (Å²) in [5.74, 6) is 0.267. The third kappa shape index (κ3) is 4.96. The Kier molecular flexibility index (Phi) is 6.73. The monoisotopic (exact) mass is 500 g/mol. The number of rotatable bonds is 7. The van der Waals surface area contributed by atoms with Crippen LogP contribution in [0.5, 0.6) is 0 Å². The molecule has 1 saturated heterocycles. The molecule has 0 unspecified atom stereocenters. The van der Waals surface area contributed by atoms with Gasteiger partial charge in [-0.25, -0.2) is 9.37 Å². The van der Waals surface area contributed by atoms with Crippen LogP contribution in [0.2, 0.25) is 0 Å².